The Bertz CT molecular complexity index is 823. The standard InChI is InChI=1S/C13H14N6OS3/c1-7-8(2)21-4-9(7)11-16-18-13(19(11)3)22-5-10(20)15-12-17-14-6-23-12/h4,6H,5H2,1-3H3,(H,15,17,20). The van der Waals surface area contributed by atoms with Crippen molar-refractivity contribution in [1.29, 1.82) is 0 Å². The summed E-state index contributed by atoms with van der Waals surface area (Å²) < 4.78 is 1.91. The van der Waals surface area contributed by atoms with E-state index in [4.69, 9.17) is 0 Å². The van der Waals surface area contributed by atoms with Gasteiger partial charge in [-0.3, -0.25) is 10.1 Å². The van der Waals surface area contributed by atoms with Crippen molar-refractivity contribution < 1.29 is 4.79 Å². The number of thioether (sulfide) groups is 1. The highest BCUT2D eigenvalue weighted by atomic mass is 32.2. The van der Waals surface area contributed by atoms with E-state index in [-0.39, 0.29) is 11.7 Å². The summed E-state index contributed by atoms with van der Waals surface area (Å²) in [6.07, 6.45) is 0. The van der Waals surface area contributed by atoms with Crippen LogP contribution in [0.15, 0.2) is 16.0 Å². The van der Waals surface area contributed by atoms with Gasteiger partial charge in [-0.2, -0.15) is 0 Å². The Kier molecular flexibility index (Phi) is 4.74. The van der Waals surface area contributed by atoms with Gasteiger partial charge in [-0.05, 0) is 19.4 Å². The van der Waals surface area contributed by atoms with Gasteiger partial charge in [0.15, 0.2) is 11.0 Å². The number of amides is 1. The summed E-state index contributed by atoms with van der Waals surface area (Å²) in [6.45, 7) is 4.17. The van der Waals surface area contributed by atoms with E-state index in [1.165, 1.54) is 33.5 Å². The minimum atomic E-state index is -0.140. The second-order valence-electron chi connectivity index (χ2n) is 4.78. The fraction of sp³-hybridized carbons (Fsp3) is 0.308. The van der Waals surface area contributed by atoms with Crippen LogP contribution in [-0.4, -0.2) is 36.6 Å². The lowest BCUT2D eigenvalue weighted by molar-refractivity contribution is -0.113. The van der Waals surface area contributed by atoms with Crippen LogP contribution in [0.5, 0.6) is 0 Å². The molecule has 0 unspecified atom stereocenters. The number of anilines is 1. The molecule has 23 heavy (non-hydrogen) atoms. The fourth-order valence-corrected chi connectivity index (χ4v) is 3.96. The lowest BCUT2D eigenvalue weighted by atomic mass is 10.2. The van der Waals surface area contributed by atoms with Crippen molar-refractivity contribution in [3.05, 3.63) is 21.3 Å². The third-order valence-electron chi connectivity index (χ3n) is 3.30. The molecule has 0 aliphatic carbocycles. The molecule has 3 rings (SSSR count). The van der Waals surface area contributed by atoms with Crippen molar-refractivity contribution in [2.24, 2.45) is 7.05 Å². The molecule has 1 N–H and O–H groups in total. The Balaban J connectivity index is 1.68. The quantitative estimate of drug-likeness (QED) is 0.699. The van der Waals surface area contributed by atoms with Crippen LogP contribution in [0.3, 0.4) is 0 Å². The Morgan fingerprint density at radius 2 is 2.13 bits per heavy atom. The Labute approximate surface area is 145 Å². The maximum Gasteiger partial charge on any atom is 0.236 e. The molecule has 0 atom stereocenters. The molecule has 0 fully saturated rings. The fourth-order valence-electron chi connectivity index (χ4n) is 1.92. The van der Waals surface area contributed by atoms with Crippen molar-refractivity contribution in [2.45, 2.75) is 19.0 Å². The summed E-state index contributed by atoms with van der Waals surface area (Å²) in [4.78, 5) is 13.2. The number of hydrogen-bond donors (Lipinski definition) is 1. The first-order chi connectivity index (χ1) is 11.1. The van der Waals surface area contributed by atoms with Crippen LogP contribution in [0.4, 0.5) is 5.13 Å². The molecule has 3 aromatic heterocycles. The van der Waals surface area contributed by atoms with Gasteiger partial charge in [0.05, 0.1) is 5.75 Å². The topological polar surface area (TPSA) is 85.6 Å². The van der Waals surface area contributed by atoms with E-state index >= 15 is 0 Å². The van der Waals surface area contributed by atoms with E-state index in [2.05, 4.69) is 44.9 Å². The molecular formula is C13H14N6OS3. The molecule has 7 nitrogen and oxygen atoms in total. The number of carbonyl (C=O) groups excluding carboxylic acids is 1. The van der Waals surface area contributed by atoms with Gasteiger partial charge in [-0.15, -0.1) is 31.7 Å². The van der Waals surface area contributed by atoms with Crippen LogP contribution in [0, 0.1) is 13.8 Å². The smallest absolute Gasteiger partial charge is 0.236 e. The zero-order valence-corrected chi connectivity index (χ0v) is 15.2. The van der Waals surface area contributed by atoms with Crippen molar-refractivity contribution in [1.82, 2.24) is 25.0 Å². The van der Waals surface area contributed by atoms with Gasteiger partial charge >= 0.3 is 0 Å². The second kappa shape index (κ2) is 6.77. The van der Waals surface area contributed by atoms with Crippen LogP contribution >= 0.6 is 34.4 Å². The summed E-state index contributed by atoms with van der Waals surface area (Å²) in [5.74, 6) is 0.922. The average molecular weight is 366 g/mol. The molecule has 0 radical (unpaired) electrons. The second-order valence-corrected chi connectivity index (χ2v) is 7.64. The van der Waals surface area contributed by atoms with E-state index in [1.54, 1.807) is 16.8 Å². The van der Waals surface area contributed by atoms with E-state index in [9.17, 15) is 4.79 Å². The third kappa shape index (κ3) is 3.43. The lowest BCUT2D eigenvalue weighted by Crippen LogP contribution is -2.14. The van der Waals surface area contributed by atoms with E-state index in [0.29, 0.717) is 10.3 Å². The van der Waals surface area contributed by atoms with Gasteiger partial charge in [-0.1, -0.05) is 23.1 Å². The third-order valence-corrected chi connectivity index (χ3v) is 5.94. The van der Waals surface area contributed by atoms with Crippen molar-refractivity contribution in [3.8, 4) is 11.4 Å². The van der Waals surface area contributed by atoms with Crippen molar-refractivity contribution in [2.75, 3.05) is 11.1 Å². The van der Waals surface area contributed by atoms with Crippen LogP contribution in [0.1, 0.15) is 10.4 Å². The van der Waals surface area contributed by atoms with Crippen LogP contribution in [0.25, 0.3) is 11.4 Å². The van der Waals surface area contributed by atoms with Gasteiger partial charge in [0.1, 0.15) is 5.51 Å². The van der Waals surface area contributed by atoms with E-state index in [0.717, 1.165) is 11.4 Å². The summed E-state index contributed by atoms with van der Waals surface area (Å²) in [6, 6.07) is 0. The SMILES string of the molecule is Cc1scc(-c2nnc(SCC(=O)Nc3nncs3)n2C)c1C. The van der Waals surface area contributed by atoms with E-state index in [1.807, 2.05) is 11.6 Å². The number of rotatable bonds is 5. The molecule has 1 amide bonds. The maximum atomic E-state index is 11.9. The average Bonchev–Trinajstić information content (AvgIpc) is 3.22. The first-order valence-corrected chi connectivity index (χ1v) is 9.44. The van der Waals surface area contributed by atoms with Gasteiger partial charge in [-0.25, -0.2) is 0 Å². The molecule has 0 aliphatic heterocycles. The minimum Gasteiger partial charge on any atom is -0.305 e. The molecule has 3 aromatic rings. The van der Waals surface area contributed by atoms with Gasteiger partial charge < -0.3 is 4.57 Å². The van der Waals surface area contributed by atoms with Crippen molar-refractivity contribution in [3.63, 3.8) is 0 Å². The summed E-state index contributed by atoms with van der Waals surface area (Å²) in [5.41, 5.74) is 3.88. The minimum absolute atomic E-state index is 0.140. The van der Waals surface area contributed by atoms with E-state index < -0.39 is 0 Å². The lowest BCUT2D eigenvalue weighted by Gasteiger charge is -2.04. The highest BCUT2D eigenvalue weighted by Gasteiger charge is 2.16. The van der Waals surface area contributed by atoms with Gasteiger partial charge in [0.2, 0.25) is 11.0 Å². The van der Waals surface area contributed by atoms with Crippen LogP contribution in [0.2, 0.25) is 0 Å². The maximum absolute atomic E-state index is 11.9. The Morgan fingerprint density at radius 1 is 1.30 bits per heavy atom. The number of nitrogens with zero attached hydrogens (tertiary/aromatic N) is 5. The number of aryl methyl sites for hydroxylation is 1. The monoisotopic (exact) mass is 366 g/mol. The molecule has 120 valence electrons. The zero-order chi connectivity index (χ0) is 16.4. The van der Waals surface area contributed by atoms with Crippen LogP contribution in [-0.2, 0) is 11.8 Å². The van der Waals surface area contributed by atoms with Gasteiger partial charge in [0.25, 0.3) is 0 Å². The summed E-state index contributed by atoms with van der Waals surface area (Å²) >= 11 is 4.33. The highest BCUT2D eigenvalue weighted by molar-refractivity contribution is 7.99. The molecule has 0 aromatic carbocycles. The Morgan fingerprint density at radius 3 is 2.78 bits per heavy atom. The number of thiophene rings is 1. The molecular weight excluding hydrogens is 352 g/mol. The first-order valence-electron chi connectivity index (χ1n) is 6.69. The predicted molar refractivity (Wildman–Crippen MR) is 93.1 cm³/mol. The number of aromatic nitrogens is 5. The number of hydrogen-bond acceptors (Lipinski definition) is 8. The number of carbonyl (C=O) groups is 1. The normalized spacial score (nSPS) is 10.9. The first kappa shape index (κ1) is 16.1. The zero-order valence-electron chi connectivity index (χ0n) is 12.7. The number of nitrogens with one attached hydrogen (secondary N) is 1. The predicted octanol–water partition coefficient (Wildman–Crippen LogP) is 2.74. The highest BCUT2D eigenvalue weighted by Crippen LogP contribution is 2.30. The molecule has 0 aliphatic rings. The van der Waals surface area contributed by atoms with Crippen LogP contribution < -0.4 is 5.32 Å². The largest absolute Gasteiger partial charge is 0.305 e. The molecule has 0 saturated heterocycles. The summed E-state index contributed by atoms with van der Waals surface area (Å²) in [5, 5.41) is 21.9. The summed E-state index contributed by atoms with van der Waals surface area (Å²) in [7, 11) is 1.91. The molecule has 10 heteroatoms. The Hall–Kier alpha value is -1.78. The van der Waals surface area contributed by atoms with Gasteiger partial charge in [0, 0.05) is 22.9 Å². The molecule has 0 saturated carbocycles. The molecule has 3 heterocycles. The molecule has 0 bridgehead atoms. The molecule has 0 spiro atoms. The van der Waals surface area contributed by atoms with Crippen molar-refractivity contribution >= 4 is 45.5 Å².